The third kappa shape index (κ3) is 4.39. The number of aromatic nitrogens is 2. The summed E-state index contributed by atoms with van der Waals surface area (Å²) in [7, 11) is 0. The van der Waals surface area contributed by atoms with Gasteiger partial charge in [0.15, 0.2) is 16.9 Å². The van der Waals surface area contributed by atoms with E-state index in [9.17, 15) is 5.26 Å². The van der Waals surface area contributed by atoms with E-state index in [0.717, 1.165) is 22.2 Å². The quantitative estimate of drug-likeness (QED) is 0.181. The Morgan fingerprint density at radius 2 is 1.18 bits per heavy atom. The van der Waals surface area contributed by atoms with Gasteiger partial charge in [-0.2, -0.15) is 5.26 Å². The fraction of sp³-hybridized carbons (Fsp3) is 0.0698. The van der Waals surface area contributed by atoms with Gasteiger partial charge in [0.25, 0.3) is 0 Å². The maximum Gasteiger partial charge on any atom is 0.227 e. The minimum Gasteiger partial charge on any atom is -0.436 e. The molecule has 230 valence electrons. The van der Waals surface area contributed by atoms with Crippen molar-refractivity contribution >= 4 is 27.9 Å². The fourth-order valence-electron chi connectivity index (χ4n) is 7.22. The van der Waals surface area contributed by atoms with Crippen molar-refractivity contribution in [1.82, 2.24) is 9.97 Å². The second-order valence-electron chi connectivity index (χ2n) is 12.8. The lowest BCUT2D eigenvalue weighted by molar-refractivity contribution is 0.617. The third-order valence-corrected chi connectivity index (χ3v) is 9.61. The maximum absolute atomic E-state index is 10.8. The standard InChI is InChI=1S/C43H26N4O2/c1-43(2)33-11-5-4-10-30(33)31-17-16-25(23-34(31)43)29-18-19-37(45-3)40(32(29)24-44)26-20-27(41-46-35-12-6-8-14-38(35)48-41)22-28(21-26)42-47-36-13-7-9-15-39(36)49-42/h4-23H,1-2H3. The molecule has 0 radical (unpaired) electrons. The van der Waals surface area contributed by atoms with Gasteiger partial charge in [0, 0.05) is 22.1 Å². The highest BCUT2D eigenvalue weighted by atomic mass is 16.4. The maximum atomic E-state index is 10.8. The Balaban J connectivity index is 1.27. The highest BCUT2D eigenvalue weighted by molar-refractivity contribution is 5.94. The molecule has 2 aromatic heterocycles. The van der Waals surface area contributed by atoms with E-state index in [0.29, 0.717) is 56.5 Å². The minimum atomic E-state index is -0.198. The average molecular weight is 631 g/mol. The molecule has 9 rings (SSSR count). The molecular weight excluding hydrogens is 604 g/mol. The zero-order chi connectivity index (χ0) is 33.3. The molecule has 6 heteroatoms. The second-order valence-corrected chi connectivity index (χ2v) is 12.8. The van der Waals surface area contributed by atoms with E-state index >= 15 is 0 Å². The van der Waals surface area contributed by atoms with Crippen LogP contribution >= 0.6 is 0 Å². The number of rotatable bonds is 4. The van der Waals surface area contributed by atoms with E-state index in [1.54, 1.807) is 6.07 Å². The van der Waals surface area contributed by atoms with Gasteiger partial charge in [-0.1, -0.05) is 86.6 Å². The molecule has 6 nitrogen and oxygen atoms in total. The van der Waals surface area contributed by atoms with Crippen molar-refractivity contribution in [2.45, 2.75) is 19.3 Å². The molecule has 0 saturated carbocycles. The van der Waals surface area contributed by atoms with Gasteiger partial charge in [-0.05, 0) is 87.5 Å². The molecule has 0 atom stereocenters. The molecule has 8 aromatic rings. The first-order chi connectivity index (χ1) is 23.9. The SMILES string of the molecule is [C-]#[N+]c1ccc(-c2ccc3c(c2)C(C)(C)c2ccccc2-3)c(C#N)c1-c1cc(-c2nc3ccccc3o2)cc(-c2nc3ccccc3o2)c1. The second kappa shape index (κ2) is 10.6. The van der Waals surface area contributed by atoms with Crippen LogP contribution in [0.25, 0.3) is 83.3 Å². The van der Waals surface area contributed by atoms with Gasteiger partial charge >= 0.3 is 0 Å². The van der Waals surface area contributed by atoms with Crippen LogP contribution in [0.3, 0.4) is 0 Å². The van der Waals surface area contributed by atoms with Gasteiger partial charge in [-0.25, -0.2) is 14.8 Å². The molecule has 49 heavy (non-hydrogen) atoms. The summed E-state index contributed by atoms with van der Waals surface area (Å²) >= 11 is 0. The molecule has 0 saturated heterocycles. The van der Waals surface area contributed by atoms with E-state index in [1.807, 2.05) is 72.8 Å². The van der Waals surface area contributed by atoms with Crippen molar-refractivity contribution in [3.63, 3.8) is 0 Å². The molecular formula is C43H26N4O2. The number of nitriles is 1. The van der Waals surface area contributed by atoms with E-state index in [2.05, 4.69) is 67.2 Å². The Labute approximate surface area is 282 Å². The molecule has 6 aromatic carbocycles. The van der Waals surface area contributed by atoms with E-state index in [1.165, 1.54) is 22.3 Å². The average Bonchev–Trinajstić information content (AvgIpc) is 3.84. The van der Waals surface area contributed by atoms with Gasteiger partial charge < -0.3 is 8.83 Å². The van der Waals surface area contributed by atoms with Crippen LogP contribution in [-0.2, 0) is 5.41 Å². The van der Waals surface area contributed by atoms with E-state index in [4.69, 9.17) is 25.4 Å². The van der Waals surface area contributed by atoms with Crippen LogP contribution in [0.1, 0.15) is 30.5 Å². The first-order valence-electron chi connectivity index (χ1n) is 16.0. The number of fused-ring (bicyclic) bond motifs is 5. The topological polar surface area (TPSA) is 80.2 Å². The number of para-hydroxylation sites is 4. The summed E-state index contributed by atoms with van der Waals surface area (Å²) in [6.07, 6.45) is 0. The molecule has 1 aliphatic rings. The van der Waals surface area contributed by atoms with Crippen LogP contribution in [0, 0.1) is 17.9 Å². The highest BCUT2D eigenvalue weighted by Crippen LogP contribution is 2.50. The summed E-state index contributed by atoms with van der Waals surface area (Å²) in [5.74, 6) is 0.833. The van der Waals surface area contributed by atoms with Crippen LogP contribution in [0.2, 0.25) is 0 Å². The Morgan fingerprint density at radius 1 is 0.612 bits per heavy atom. The van der Waals surface area contributed by atoms with E-state index in [-0.39, 0.29) is 5.41 Å². The van der Waals surface area contributed by atoms with Crippen LogP contribution in [0.5, 0.6) is 0 Å². The summed E-state index contributed by atoms with van der Waals surface area (Å²) < 4.78 is 12.4. The molecule has 0 aliphatic heterocycles. The summed E-state index contributed by atoms with van der Waals surface area (Å²) in [6.45, 7) is 12.6. The Hall–Kier alpha value is -6.76. The summed E-state index contributed by atoms with van der Waals surface area (Å²) in [5.41, 5.74) is 12.5. The predicted molar refractivity (Wildman–Crippen MR) is 192 cm³/mol. The lowest BCUT2D eigenvalue weighted by atomic mass is 9.81. The lowest BCUT2D eigenvalue weighted by Gasteiger charge is -2.22. The largest absolute Gasteiger partial charge is 0.436 e. The van der Waals surface area contributed by atoms with Crippen molar-refractivity contribution in [1.29, 1.82) is 5.26 Å². The van der Waals surface area contributed by atoms with Crippen LogP contribution in [-0.4, -0.2) is 9.97 Å². The Kier molecular flexibility index (Phi) is 6.18. The first kappa shape index (κ1) is 28.5. The number of hydrogen-bond acceptors (Lipinski definition) is 5. The van der Waals surface area contributed by atoms with E-state index < -0.39 is 0 Å². The third-order valence-electron chi connectivity index (χ3n) is 9.61. The Morgan fingerprint density at radius 3 is 1.82 bits per heavy atom. The number of nitrogens with zero attached hydrogens (tertiary/aromatic N) is 4. The molecule has 0 N–H and O–H groups in total. The van der Waals surface area contributed by atoms with Crippen molar-refractivity contribution in [2.24, 2.45) is 0 Å². The smallest absolute Gasteiger partial charge is 0.227 e. The van der Waals surface area contributed by atoms with Gasteiger partial charge in [-0.15, -0.1) is 0 Å². The summed E-state index contributed by atoms with van der Waals surface area (Å²) in [6, 6.07) is 42.1. The minimum absolute atomic E-state index is 0.198. The fourth-order valence-corrected chi connectivity index (χ4v) is 7.22. The monoisotopic (exact) mass is 630 g/mol. The van der Waals surface area contributed by atoms with Gasteiger partial charge in [0.2, 0.25) is 11.8 Å². The normalized spacial score (nSPS) is 12.8. The molecule has 0 spiro atoms. The molecule has 0 fully saturated rings. The zero-order valence-electron chi connectivity index (χ0n) is 26.7. The van der Waals surface area contributed by atoms with Crippen molar-refractivity contribution in [3.05, 3.63) is 149 Å². The van der Waals surface area contributed by atoms with Gasteiger partial charge in [0.05, 0.1) is 18.2 Å². The first-order valence-corrected chi connectivity index (χ1v) is 16.0. The van der Waals surface area contributed by atoms with Crippen molar-refractivity contribution in [2.75, 3.05) is 0 Å². The lowest BCUT2D eigenvalue weighted by Crippen LogP contribution is -2.14. The predicted octanol–water partition coefficient (Wildman–Crippen LogP) is 11.4. The summed E-state index contributed by atoms with van der Waals surface area (Å²) in [5, 5.41) is 10.8. The van der Waals surface area contributed by atoms with Crippen molar-refractivity contribution < 1.29 is 8.83 Å². The highest BCUT2D eigenvalue weighted by Gasteiger charge is 2.35. The molecule has 2 heterocycles. The molecule has 0 bridgehead atoms. The summed E-state index contributed by atoms with van der Waals surface area (Å²) in [4.78, 5) is 13.4. The zero-order valence-corrected chi connectivity index (χ0v) is 26.7. The number of benzene rings is 6. The van der Waals surface area contributed by atoms with Gasteiger partial charge in [-0.3, -0.25) is 0 Å². The van der Waals surface area contributed by atoms with Crippen LogP contribution < -0.4 is 0 Å². The van der Waals surface area contributed by atoms with Crippen LogP contribution in [0.15, 0.2) is 130 Å². The molecule has 1 aliphatic carbocycles. The molecule has 0 unspecified atom stereocenters. The van der Waals surface area contributed by atoms with Gasteiger partial charge in [0.1, 0.15) is 11.0 Å². The Bertz CT molecular complexity index is 2580. The van der Waals surface area contributed by atoms with Crippen molar-refractivity contribution in [3.8, 4) is 62.4 Å². The van der Waals surface area contributed by atoms with Crippen LogP contribution in [0.4, 0.5) is 5.69 Å². The number of hydrogen-bond donors (Lipinski definition) is 0. The number of oxazole rings is 2. The molecule has 0 amide bonds.